The van der Waals surface area contributed by atoms with Crippen molar-refractivity contribution in [2.45, 2.75) is 19.5 Å². The quantitative estimate of drug-likeness (QED) is 0.740. The van der Waals surface area contributed by atoms with Crippen LogP contribution in [0.3, 0.4) is 0 Å². The second kappa shape index (κ2) is 4.11. The number of nitrogens with zero attached hydrogens (tertiary/aromatic N) is 3. The molecule has 4 heteroatoms. The van der Waals surface area contributed by atoms with Crippen LogP contribution in [0.4, 0.5) is 0 Å². The highest BCUT2D eigenvalue weighted by Gasteiger charge is 2.14. The summed E-state index contributed by atoms with van der Waals surface area (Å²) in [5.41, 5.74) is 2.65. The van der Waals surface area contributed by atoms with Crippen LogP contribution < -0.4 is 5.32 Å². The van der Waals surface area contributed by atoms with Crippen LogP contribution in [0.5, 0.6) is 0 Å². The number of imidazole rings is 1. The van der Waals surface area contributed by atoms with Crippen molar-refractivity contribution in [3.8, 4) is 0 Å². The van der Waals surface area contributed by atoms with Gasteiger partial charge in [0.2, 0.25) is 0 Å². The highest BCUT2D eigenvalue weighted by Crippen LogP contribution is 2.11. The maximum absolute atomic E-state index is 4.42. The zero-order valence-corrected chi connectivity index (χ0v) is 8.95. The maximum Gasteiger partial charge on any atom is 0.0952 e. The molecule has 1 N–H and O–H groups in total. The van der Waals surface area contributed by atoms with E-state index in [1.807, 2.05) is 6.33 Å². The highest BCUT2D eigenvalue weighted by molar-refractivity contribution is 5.16. The fraction of sp³-hybridized carbons (Fsp3) is 0.700. The second-order valence-corrected chi connectivity index (χ2v) is 4.06. The third kappa shape index (κ3) is 1.96. The van der Waals surface area contributed by atoms with Crippen LogP contribution in [0.1, 0.15) is 11.4 Å². The first-order valence-electron chi connectivity index (χ1n) is 5.15. The van der Waals surface area contributed by atoms with Gasteiger partial charge in [0.1, 0.15) is 0 Å². The van der Waals surface area contributed by atoms with Gasteiger partial charge in [-0.05, 0) is 14.1 Å². The zero-order valence-electron chi connectivity index (χ0n) is 8.95. The Kier molecular flexibility index (Phi) is 2.84. The van der Waals surface area contributed by atoms with Crippen molar-refractivity contribution in [2.24, 2.45) is 0 Å². The Bertz CT molecular complexity index is 303. The predicted molar refractivity (Wildman–Crippen MR) is 56.2 cm³/mol. The molecule has 2 rings (SSSR count). The summed E-state index contributed by atoms with van der Waals surface area (Å²) in [4.78, 5) is 6.62. The number of fused-ring (bicyclic) bond motifs is 1. The molecule has 1 aliphatic heterocycles. The normalized spacial score (nSPS) is 15.9. The molecular formula is C10H18N4. The summed E-state index contributed by atoms with van der Waals surface area (Å²) in [6, 6.07) is 0. The monoisotopic (exact) mass is 194 g/mol. The molecule has 0 aliphatic carbocycles. The first-order chi connectivity index (χ1) is 6.77. The van der Waals surface area contributed by atoms with Crippen LogP contribution in [0.15, 0.2) is 6.33 Å². The number of likely N-dealkylation sites (N-methyl/N-ethyl adjacent to an activating group) is 1. The van der Waals surface area contributed by atoms with Gasteiger partial charge in [0.05, 0.1) is 12.0 Å². The number of hydrogen-bond donors (Lipinski definition) is 1. The number of aromatic nitrogens is 2. The van der Waals surface area contributed by atoms with E-state index in [0.29, 0.717) is 0 Å². The molecule has 0 spiro atoms. The van der Waals surface area contributed by atoms with Gasteiger partial charge in [0.15, 0.2) is 0 Å². The van der Waals surface area contributed by atoms with Gasteiger partial charge in [-0.3, -0.25) is 0 Å². The third-order valence-corrected chi connectivity index (χ3v) is 2.65. The van der Waals surface area contributed by atoms with Crippen LogP contribution >= 0.6 is 0 Å². The predicted octanol–water partition coefficient (Wildman–Crippen LogP) is 0.0904. The smallest absolute Gasteiger partial charge is 0.0952 e. The van der Waals surface area contributed by atoms with Gasteiger partial charge in [-0.25, -0.2) is 4.98 Å². The van der Waals surface area contributed by atoms with Crippen molar-refractivity contribution in [3.05, 3.63) is 17.7 Å². The fourth-order valence-electron chi connectivity index (χ4n) is 1.80. The van der Waals surface area contributed by atoms with E-state index in [-0.39, 0.29) is 0 Å². The summed E-state index contributed by atoms with van der Waals surface area (Å²) < 4.78 is 2.29. The first kappa shape index (κ1) is 9.68. The van der Waals surface area contributed by atoms with E-state index in [0.717, 1.165) is 32.6 Å². The van der Waals surface area contributed by atoms with Crippen LogP contribution in [0.2, 0.25) is 0 Å². The van der Waals surface area contributed by atoms with E-state index in [1.165, 1.54) is 11.4 Å². The van der Waals surface area contributed by atoms with Crippen LogP contribution in [0.25, 0.3) is 0 Å². The van der Waals surface area contributed by atoms with Crippen LogP contribution in [-0.2, 0) is 19.5 Å². The summed E-state index contributed by atoms with van der Waals surface area (Å²) in [6.07, 6.45) is 3.09. The standard InChI is InChI=1S/C10H18N4/c1-13(2)5-6-14-8-12-9-7-11-4-3-10(9)14/h8,11H,3-7H2,1-2H3. The summed E-state index contributed by atoms with van der Waals surface area (Å²) in [5.74, 6) is 0. The molecule has 0 bridgehead atoms. The molecule has 14 heavy (non-hydrogen) atoms. The molecule has 0 aromatic carbocycles. The Morgan fingerprint density at radius 1 is 1.57 bits per heavy atom. The van der Waals surface area contributed by atoms with Crippen molar-refractivity contribution in [3.63, 3.8) is 0 Å². The minimum absolute atomic E-state index is 0.935. The van der Waals surface area contributed by atoms with E-state index in [9.17, 15) is 0 Å². The Labute approximate surface area is 84.9 Å². The van der Waals surface area contributed by atoms with Crippen molar-refractivity contribution in [1.29, 1.82) is 0 Å². The van der Waals surface area contributed by atoms with E-state index >= 15 is 0 Å². The average molecular weight is 194 g/mol. The van der Waals surface area contributed by atoms with E-state index in [1.54, 1.807) is 0 Å². The Morgan fingerprint density at radius 3 is 3.21 bits per heavy atom. The lowest BCUT2D eigenvalue weighted by Crippen LogP contribution is -2.26. The van der Waals surface area contributed by atoms with Gasteiger partial charge < -0.3 is 14.8 Å². The summed E-state index contributed by atoms with van der Waals surface area (Å²) in [5, 5.41) is 3.33. The molecule has 0 saturated carbocycles. The molecule has 0 unspecified atom stereocenters. The van der Waals surface area contributed by atoms with Crippen molar-refractivity contribution >= 4 is 0 Å². The van der Waals surface area contributed by atoms with Gasteiger partial charge in [-0.1, -0.05) is 0 Å². The largest absolute Gasteiger partial charge is 0.333 e. The van der Waals surface area contributed by atoms with E-state index in [4.69, 9.17) is 0 Å². The van der Waals surface area contributed by atoms with E-state index < -0.39 is 0 Å². The molecule has 0 amide bonds. The van der Waals surface area contributed by atoms with Gasteiger partial charge in [-0.2, -0.15) is 0 Å². The molecular weight excluding hydrogens is 176 g/mol. The molecule has 1 aromatic rings. The van der Waals surface area contributed by atoms with Gasteiger partial charge in [0, 0.05) is 38.3 Å². The SMILES string of the molecule is CN(C)CCn1cnc2c1CCNC2. The lowest BCUT2D eigenvalue weighted by atomic mass is 10.2. The zero-order chi connectivity index (χ0) is 9.97. The van der Waals surface area contributed by atoms with E-state index in [2.05, 4.69) is 33.9 Å². The molecule has 4 nitrogen and oxygen atoms in total. The molecule has 0 radical (unpaired) electrons. The lowest BCUT2D eigenvalue weighted by molar-refractivity contribution is 0.380. The first-order valence-corrected chi connectivity index (χ1v) is 5.15. The molecule has 0 fully saturated rings. The number of nitrogens with one attached hydrogen (secondary N) is 1. The molecule has 2 heterocycles. The van der Waals surface area contributed by atoms with Crippen LogP contribution in [0, 0.1) is 0 Å². The lowest BCUT2D eigenvalue weighted by Gasteiger charge is -2.16. The van der Waals surface area contributed by atoms with Gasteiger partial charge >= 0.3 is 0 Å². The Morgan fingerprint density at radius 2 is 2.43 bits per heavy atom. The molecule has 0 atom stereocenters. The van der Waals surface area contributed by atoms with Crippen molar-refractivity contribution < 1.29 is 0 Å². The molecule has 1 aliphatic rings. The van der Waals surface area contributed by atoms with Gasteiger partial charge in [-0.15, -0.1) is 0 Å². The average Bonchev–Trinajstić information content (AvgIpc) is 2.58. The summed E-state index contributed by atoms with van der Waals surface area (Å²) in [6.45, 7) is 4.15. The van der Waals surface area contributed by atoms with Crippen molar-refractivity contribution in [1.82, 2.24) is 19.8 Å². The number of rotatable bonds is 3. The van der Waals surface area contributed by atoms with Gasteiger partial charge in [0.25, 0.3) is 0 Å². The minimum atomic E-state index is 0.935. The van der Waals surface area contributed by atoms with Crippen molar-refractivity contribution in [2.75, 3.05) is 27.2 Å². The van der Waals surface area contributed by atoms with Crippen LogP contribution in [-0.4, -0.2) is 41.6 Å². The topological polar surface area (TPSA) is 33.1 Å². The highest BCUT2D eigenvalue weighted by atomic mass is 15.1. The Balaban J connectivity index is 2.06. The molecule has 0 saturated heterocycles. The minimum Gasteiger partial charge on any atom is -0.333 e. The fourth-order valence-corrected chi connectivity index (χ4v) is 1.80. The third-order valence-electron chi connectivity index (χ3n) is 2.65. The summed E-state index contributed by atoms with van der Waals surface area (Å²) in [7, 11) is 4.20. The molecule has 78 valence electrons. The molecule has 1 aromatic heterocycles. The maximum atomic E-state index is 4.42. The number of hydrogen-bond acceptors (Lipinski definition) is 3. The summed E-state index contributed by atoms with van der Waals surface area (Å²) >= 11 is 0. The Hall–Kier alpha value is -0.870. The second-order valence-electron chi connectivity index (χ2n) is 4.06.